The SMILES string of the molecule is Cc1ccc(N=C(N)/C=C(\N)c2csc3cc(O)ccc23)cc1. The molecule has 3 rings (SSSR count). The summed E-state index contributed by atoms with van der Waals surface area (Å²) >= 11 is 1.53. The molecule has 4 nitrogen and oxygen atoms in total. The largest absolute Gasteiger partial charge is 0.508 e. The van der Waals surface area contributed by atoms with Crippen LogP contribution in [0.4, 0.5) is 5.69 Å². The maximum Gasteiger partial charge on any atom is 0.126 e. The lowest BCUT2D eigenvalue weighted by Crippen LogP contribution is -2.10. The summed E-state index contributed by atoms with van der Waals surface area (Å²) in [6, 6.07) is 13.0. The van der Waals surface area contributed by atoms with Crippen LogP contribution in [0.1, 0.15) is 11.1 Å². The van der Waals surface area contributed by atoms with E-state index in [0.29, 0.717) is 11.5 Å². The average molecular weight is 323 g/mol. The van der Waals surface area contributed by atoms with E-state index < -0.39 is 0 Å². The highest BCUT2D eigenvalue weighted by Gasteiger charge is 2.07. The van der Waals surface area contributed by atoms with Crippen LogP contribution >= 0.6 is 11.3 Å². The second-order valence-electron chi connectivity index (χ2n) is 5.30. The van der Waals surface area contributed by atoms with Crippen molar-refractivity contribution in [1.29, 1.82) is 0 Å². The Morgan fingerprint density at radius 1 is 1.13 bits per heavy atom. The van der Waals surface area contributed by atoms with Crippen LogP contribution in [-0.2, 0) is 0 Å². The Morgan fingerprint density at radius 2 is 1.87 bits per heavy atom. The van der Waals surface area contributed by atoms with Gasteiger partial charge in [0, 0.05) is 32.8 Å². The second kappa shape index (κ2) is 6.14. The van der Waals surface area contributed by atoms with Crippen LogP contribution < -0.4 is 11.5 Å². The van der Waals surface area contributed by atoms with E-state index in [0.717, 1.165) is 21.3 Å². The van der Waals surface area contributed by atoms with Crippen molar-refractivity contribution in [1.82, 2.24) is 0 Å². The lowest BCUT2D eigenvalue weighted by molar-refractivity contribution is 0.476. The maximum absolute atomic E-state index is 9.53. The van der Waals surface area contributed by atoms with Gasteiger partial charge in [-0.25, -0.2) is 4.99 Å². The van der Waals surface area contributed by atoms with E-state index in [-0.39, 0.29) is 5.75 Å². The Morgan fingerprint density at radius 3 is 2.61 bits per heavy atom. The summed E-state index contributed by atoms with van der Waals surface area (Å²) in [7, 11) is 0. The topological polar surface area (TPSA) is 84.6 Å². The zero-order valence-corrected chi connectivity index (χ0v) is 13.5. The van der Waals surface area contributed by atoms with E-state index in [4.69, 9.17) is 11.5 Å². The van der Waals surface area contributed by atoms with Gasteiger partial charge in [0.25, 0.3) is 0 Å². The fourth-order valence-electron chi connectivity index (χ4n) is 2.28. The monoisotopic (exact) mass is 323 g/mol. The molecule has 0 saturated heterocycles. The van der Waals surface area contributed by atoms with Crippen LogP contribution in [0.3, 0.4) is 0 Å². The van der Waals surface area contributed by atoms with E-state index in [1.807, 2.05) is 42.6 Å². The first-order valence-electron chi connectivity index (χ1n) is 7.11. The number of aromatic hydroxyl groups is 1. The number of phenolic OH excluding ortho intramolecular Hbond substituents is 1. The van der Waals surface area contributed by atoms with Crippen LogP contribution in [-0.4, -0.2) is 10.9 Å². The van der Waals surface area contributed by atoms with Crippen LogP contribution in [0.15, 0.2) is 58.9 Å². The molecule has 0 aliphatic heterocycles. The van der Waals surface area contributed by atoms with Crippen molar-refractivity contribution in [2.75, 3.05) is 0 Å². The zero-order chi connectivity index (χ0) is 16.4. The predicted molar refractivity (Wildman–Crippen MR) is 98.1 cm³/mol. The molecule has 1 aromatic heterocycles. The zero-order valence-electron chi connectivity index (χ0n) is 12.7. The normalized spacial score (nSPS) is 12.7. The molecule has 116 valence electrons. The van der Waals surface area contributed by atoms with Gasteiger partial charge in [0.15, 0.2) is 0 Å². The predicted octanol–water partition coefficient (Wildman–Crippen LogP) is 3.90. The number of rotatable bonds is 3. The highest BCUT2D eigenvalue weighted by molar-refractivity contribution is 7.17. The highest BCUT2D eigenvalue weighted by Crippen LogP contribution is 2.31. The van der Waals surface area contributed by atoms with Gasteiger partial charge in [-0.05, 0) is 37.3 Å². The third-order valence-corrected chi connectivity index (χ3v) is 4.41. The van der Waals surface area contributed by atoms with Crippen molar-refractivity contribution in [3.63, 3.8) is 0 Å². The number of thiophene rings is 1. The summed E-state index contributed by atoms with van der Waals surface area (Å²) in [4.78, 5) is 4.35. The number of fused-ring (bicyclic) bond motifs is 1. The lowest BCUT2D eigenvalue weighted by atomic mass is 10.1. The molecule has 0 fully saturated rings. The summed E-state index contributed by atoms with van der Waals surface area (Å²) in [5, 5.41) is 12.5. The molecule has 0 spiro atoms. The number of aryl methyl sites for hydroxylation is 1. The van der Waals surface area contributed by atoms with Gasteiger partial charge in [-0.15, -0.1) is 11.3 Å². The molecule has 0 amide bonds. The summed E-state index contributed by atoms with van der Waals surface area (Å²) in [5.41, 5.74) is 15.6. The third-order valence-electron chi connectivity index (χ3n) is 3.47. The number of hydrogen-bond acceptors (Lipinski definition) is 4. The van der Waals surface area contributed by atoms with Gasteiger partial charge in [0.05, 0.1) is 5.69 Å². The Balaban J connectivity index is 1.92. The summed E-state index contributed by atoms with van der Waals surface area (Å²) in [5.74, 6) is 0.596. The summed E-state index contributed by atoms with van der Waals surface area (Å²) in [6.07, 6.45) is 1.66. The number of hydrogen-bond donors (Lipinski definition) is 3. The maximum atomic E-state index is 9.53. The molecule has 3 aromatic rings. The van der Waals surface area contributed by atoms with Crippen LogP contribution in [0, 0.1) is 6.92 Å². The summed E-state index contributed by atoms with van der Waals surface area (Å²) in [6.45, 7) is 2.02. The molecule has 1 heterocycles. The molecule has 5 heteroatoms. The van der Waals surface area contributed by atoms with Gasteiger partial charge in [-0.1, -0.05) is 17.7 Å². The number of nitrogens with zero attached hydrogens (tertiary/aromatic N) is 1. The molecule has 0 aliphatic carbocycles. The Kier molecular flexibility index (Phi) is 4.04. The van der Waals surface area contributed by atoms with E-state index >= 15 is 0 Å². The molecule has 0 aliphatic rings. The minimum atomic E-state index is 0.244. The molecule has 23 heavy (non-hydrogen) atoms. The summed E-state index contributed by atoms with van der Waals surface area (Å²) < 4.78 is 0.977. The highest BCUT2D eigenvalue weighted by atomic mass is 32.1. The number of phenols is 1. The van der Waals surface area contributed by atoms with Gasteiger partial charge in [-0.3, -0.25) is 0 Å². The first-order valence-corrected chi connectivity index (χ1v) is 7.99. The first kappa shape index (κ1) is 15.1. The van der Waals surface area contributed by atoms with E-state index in [2.05, 4.69) is 4.99 Å². The lowest BCUT2D eigenvalue weighted by Gasteiger charge is -2.02. The van der Waals surface area contributed by atoms with Crippen molar-refractivity contribution in [3.05, 3.63) is 65.0 Å². The molecular weight excluding hydrogens is 306 g/mol. The minimum Gasteiger partial charge on any atom is -0.508 e. The minimum absolute atomic E-state index is 0.244. The quantitative estimate of drug-likeness (QED) is 0.505. The van der Waals surface area contributed by atoms with E-state index in [1.165, 1.54) is 16.9 Å². The molecule has 2 aromatic carbocycles. The van der Waals surface area contributed by atoms with Crippen molar-refractivity contribution in [3.8, 4) is 5.75 Å². The van der Waals surface area contributed by atoms with Gasteiger partial charge in [0.2, 0.25) is 0 Å². The Bertz CT molecular complexity index is 908. The van der Waals surface area contributed by atoms with Crippen LogP contribution in [0.5, 0.6) is 5.75 Å². The number of aliphatic imine (C=N–C) groups is 1. The molecular formula is C18H17N3OS. The number of benzene rings is 2. The van der Waals surface area contributed by atoms with Crippen LogP contribution in [0.2, 0.25) is 0 Å². The Hall–Kier alpha value is -2.79. The van der Waals surface area contributed by atoms with Gasteiger partial charge in [-0.2, -0.15) is 0 Å². The van der Waals surface area contributed by atoms with E-state index in [9.17, 15) is 5.11 Å². The van der Waals surface area contributed by atoms with Crippen molar-refractivity contribution in [2.24, 2.45) is 16.5 Å². The molecule has 0 saturated carbocycles. The van der Waals surface area contributed by atoms with Crippen LogP contribution in [0.25, 0.3) is 15.8 Å². The fourth-order valence-corrected chi connectivity index (χ4v) is 3.28. The van der Waals surface area contributed by atoms with Gasteiger partial charge < -0.3 is 16.6 Å². The average Bonchev–Trinajstić information content (AvgIpc) is 2.92. The molecule has 0 bridgehead atoms. The molecule has 5 N–H and O–H groups in total. The fraction of sp³-hybridized carbons (Fsp3) is 0.0556. The Labute approximate surface area is 138 Å². The smallest absolute Gasteiger partial charge is 0.126 e. The first-order chi connectivity index (χ1) is 11.0. The number of nitrogens with two attached hydrogens (primary N) is 2. The van der Waals surface area contributed by atoms with Gasteiger partial charge in [0.1, 0.15) is 11.6 Å². The molecule has 0 unspecified atom stereocenters. The standard InChI is InChI=1S/C18H17N3OS/c1-11-2-4-12(5-3-11)21-18(20)9-16(19)15-10-23-17-8-13(22)6-7-14(15)17/h2-10,22H,19H2,1H3,(H2,20,21)/b16-9-. The number of amidine groups is 1. The van der Waals surface area contributed by atoms with Crippen molar-refractivity contribution >= 4 is 38.6 Å². The second-order valence-corrected chi connectivity index (χ2v) is 6.21. The van der Waals surface area contributed by atoms with Gasteiger partial charge >= 0.3 is 0 Å². The van der Waals surface area contributed by atoms with E-state index in [1.54, 1.807) is 18.2 Å². The molecule has 0 atom stereocenters. The van der Waals surface area contributed by atoms with Crippen molar-refractivity contribution in [2.45, 2.75) is 6.92 Å². The molecule has 0 radical (unpaired) electrons. The van der Waals surface area contributed by atoms with Crippen molar-refractivity contribution < 1.29 is 5.11 Å². The third kappa shape index (κ3) is 3.35.